The van der Waals surface area contributed by atoms with Crippen LogP contribution in [-0.4, -0.2) is 34.8 Å². The summed E-state index contributed by atoms with van der Waals surface area (Å²) in [7, 11) is 0. The van der Waals surface area contributed by atoms with E-state index in [1.807, 2.05) is 12.1 Å². The van der Waals surface area contributed by atoms with Gasteiger partial charge in [0.2, 0.25) is 11.7 Å². The van der Waals surface area contributed by atoms with Gasteiger partial charge in [0, 0.05) is 18.0 Å². The van der Waals surface area contributed by atoms with E-state index < -0.39 is 0 Å². The predicted molar refractivity (Wildman–Crippen MR) is 108 cm³/mol. The molecule has 7 heteroatoms. The number of rotatable bonds is 3. The first-order valence-electron chi connectivity index (χ1n) is 10.8. The molecule has 6 rings (SSSR count). The molecule has 1 atom stereocenters. The molecule has 2 aliphatic heterocycles. The standard InChI is InChI=1S/C23H25N3O4/c1-15-16-11-19-20(29-10-9-28-19)12-17(16)23(6-2-3-7-23)14-26(15)13-21-24-22(25-30-21)18-5-4-8-27-18/h4-5,8,11-12,15H,2-3,6-7,9-10,13-14H2,1H3. The van der Waals surface area contributed by atoms with Gasteiger partial charge in [-0.3, -0.25) is 4.90 Å². The highest BCUT2D eigenvalue weighted by molar-refractivity contribution is 5.53. The zero-order valence-corrected chi connectivity index (χ0v) is 17.1. The van der Waals surface area contributed by atoms with Crippen molar-refractivity contribution in [3.63, 3.8) is 0 Å². The molecule has 2 aromatic heterocycles. The Morgan fingerprint density at radius 1 is 1.13 bits per heavy atom. The van der Waals surface area contributed by atoms with Crippen molar-refractivity contribution in [2.24, 2.45) is 0 Å². The van der Waals surface area contributed by atoms with Crippen molar-refractivity contribution >= 4 is 0 Å². The summed E-state index contributed by atoms with van der Waals surface area (Å²) >= 11 is 0. The molecule has 156 valence electrons. The van der Waals surface area contributed by atoms with Gasteiger partial charge < -0.3 is 18.4 Å². The first-order valence-corrected chi connectivity index (χ1v) is 10.8. The van der Waals surface area contributed by atoms with E-state index >= 15 is 0 Å². The maximum Gasteiger partial charge on any atom is 0.241 e. The van der Waals surface area contributed by atoms with Crippen LogP contribution in [0, 0.1) is 0 Å². The zero-order valence-electron chi connectivity index (χ0n) is 17.1. The number of nitrogens with zero attached hydrogens (tertiary/aromatic N) is 3. The molecule has 1 saturated carbocycles. The average Bonchev–Trinajstić information content (AvgIpc) is 3.53. The van der Waals surface area contributed by atoms with Gasteiger partial charge in [0.1, 0.15) is 13.2 Å². The second kappa shape index (κ2) is 6.87. The fraction of sp³-hybridized carbons (Fsp3) is 0.478. The van der Waals surface area contributed by atoms with Gasteiger partial charge in [-0.2, -0.15) is 4.98 Å². The van der Waals surface area contributed by atoms with Gasteiger partial charge in [0.25, 0.3) is 0 Å². The molecule has 3 aromatic rings. The van der Waals surface area contributed by atoms with E-state index in [9.17, 15) is 0 Å². The predicted octanol–water partition coefficient (Wildman–Crippen LogP) is 4.49. The quantitative estimate of drug-likeness (QED) is 0.633. The maximum atomic E-state index is 5.91. The number of ether oxygens (including phenoxy) is 2. The van der Waals surface area contributed by atoms with Crippen LogP contribution in [0.25, 0.3) is 11.6 Å². The first kappa shape index (κ1) is 18.0. The van der Waals surface area contributed by atoms with Gasteiger partial charge in [0.15, 0.2) is 17.3 Å². The van der Waals surface area contributed by atoms with Crippen molar-refractivity contribution in [3.8, 4) is 23.1 Å². The molecule has 0 amide bonds. The summed E-state index contributed by atoms with van der Waals surface area (Å²) in [4.78, 5) is 7.03. The smallest absolute Gasteiger partial charge is 0.241 e. The molecule has 7 nitrogen and oxygen atoms in total. The SMILES string of the molecule is CC1c2cc3c(cc2C2(CCCC2)CN1Cc1nc(-c2ccco2)no1)OCCO3. The van der Waals surface area contributed by atoms with Gasteiger partial charge >= 0.3 is 0 Å². The third kappa shape index (κ3) is 2.83. The minimum absolute atomic E-state index is 0.154. The summed E-state index contributed by atoms with van der Waals surface area (Å²) in [5.41, 5.74) is 2.93. The maximum absolute atomic E-state index is 5.91. The van der Waals surface area contributed by atoms with Gasteiger partial charge in [-0.1, -0.05) is 18.0 Å². The van der Waals surface area contributed by atoms with Gasteiger partial charge in [0.05, 0.1) is 12.8 Å². The fourth-order valence-corrected chi connectivity index (χ4v) is 5.39. The Kier molecular flexibility index (Phi) is 4.13. The third-order valence-electron chi connectivity index (χ3n) is 6.90. The summed E-state index contributed by atoms with van der Waals surface area (Å²) in [5, 5.41) is 4.10. The lowest BCUT2D eigenvalue weighted by Gasteiger charge is -2.46. The average molecular weight is 407 g/mol. The van der Waals surface area contributed by atoms with Gasteiger partial charge in [-0.25, -0.2) is 0 Å². The van der Waals surface area contributed by atoms with Crippen LogP contribution in [0.1, 0.15) is 55.7 Å². The van der Waals surface area contributed by atoms with Crippen LogP contribution in [0.15, 0.2) is 39.5 Å². The Hall–Kier alpha value is -2.80. The fourth-order valence-electron chi connectivity index (χ4n) is 5.39. The Morgan fingerprint density at radius 2 is 1.93 bits per heavy atom. The van der Waals surface area contributed by atoms with Crippen LogP contribution >= 0.6 is 0 Å². The van der Waals surface area contributed by atoms with Crippen molar-refractivity contribution in [2.75, 3.05) is 19.8 Å². The normalized spacial score (nSPS) is 22.4. The van der Waals surface area contributed by atoms with E-state index in [2.05, 4.69) is 34.1 Å². The summed E-state index contributed by atoms with van der Waals surface area (Å²) in [6, 6.07) is 8.34. The van der Waals surface area contributed by atoms with E-state index in [1.54, 1.807) is 6.26 Å². The van der Waals surface area contributed by atoms with Gasteiger partial charge in [-0.15, -0.1) is 0 Å². The summed E-state index contributed by atoms with van der Waals surface area (Å²) in [6.45, 7) is 5.08. The van der Waals surface area contributed by atoms with Crippen LogP contribution in [0.3, 0.4) is 0 Å². The van der Waals surface area contributed by atoms with Crippen molar-refractivity contribution in [3.05, 3.63) is 47.5 Å². The third-order valence-corrected chi connectivity index (χ3v) is 6.90. The monoisotopic (exact) mass is 407 g/mol. The van der Waals surface area contributed by atoms with E-state index in [4.69, 9.17) is 18.4 Å². The highest BCUT2D eigenvalue weighted by atomic mass is 16.6. The summed E-state index contributed by atoms with van der Waals surface area (Å²) in [6.07, 6.45) is 6.54. The molecule has 1 unspecified atom stereocenters. The van der Waals surface area contributed by atoms with Crippen molar-refractivity contribution in [1.82, 2.24) is 15.0 Å². The second-order valence-corrected chi connectivity index (χ2v) is 8.64. The molecular weight excluding hydrogens is 382 g/mol. The Morgan fingerprint density at radius 3 is 2.70 bits per heavy atom. The number of aromatic nitrogens is 2. The van der Waals surface area contributed by atoms with Crippen LogP contribution in [-0.2, 0) is 12.0 Å². The lowest BCUT2D eigenvalue weighted by molar-refractivity contribution is 0.111. The Bertz CT molecular complexity index is 1050. The number of hydrogen-bond donors (Lipinski definition) is 0. The van der Waals surface area contributed by atoms with E-state index in [1.165, 1.54) is 36.8 Å². The Labute approximate surface area is 175 Å². The summed E-state index contributed by atoms with van der Waals surface area (Å²) < 4.78 is 22.8. The van der Waals surface area contributed by atoms with Crippen molar-refractivity contribution in [1.29, 1.82) is 0 Å². The largest absolute Gasteiger partial charge is 0.486 e. The molecule has 1 aliphatic carbocycles. The zero-order chi connectivity index (χ0) is 20.1. The Balaban J connectivity index is 1.35. The van der Waals surface area contributed by atoms with Crippen LogP contribution in [0.4, 0.5) is 0 Å². The van der Waals surface area contributed by atoms with E-state index in [-0.39, 0.29) is 11.5 Å². The van der Waals surface area contributed by atoms with Crippen molar-refractivity contribution < 1.29 is 18.4 Å². The van der Waals surface area contributed by atoms with Crippen molar-refractivity contribution in [2.45, 2.75) is 50.6 Å². The molecule has 1 fully saturated rings. The second-order valence-electron chi connectivity index (χ2n) is 8.64. The minimum atomic E-state index is 0.154. The number of fused-ring (bicyclic) bond motifs is 3. The lowest BCUT2D eigenvalue weighted by atomic mass is 9.71. The first-order chi connectivity index (χ1) is 14.7. The molecular formula is C23H25N3O4. The molecule has 1 spiro atoms. The minimum Gasteiger partial charge on any atom is -0.486 e. The van der Waals surface area contributed by atoms with Gasteiger partial charge in [-0.05, 0) is 55.2 Å². The van der Waals surface area contributed by atoms with Crippen LogP contribution < -0.4 is 9.47 Å². The number of furan rings is 1. The molecule has 1 aromatic carbocycles. The van der Waals surface area contributed by atoms with E-state index in [0.29, 0.717) is 37.2 Å². The van der Waals surface area contributed by atoms with Crippen LogP contribution in [0.2, 0.25) is 0 Å². The molecule has 0 N–H and O–H groups in total. The highest BCUT2D eigenvalue weighted by Crippen LogP contribution is 2.52. The highest BCUT2D eigenvalue weighted by Gasteiger charge is 2.45. The summed E-state index contributed by atoms with van der Waals surface area (Å²) in [5.74, 6) is 3.49. The molecule has 0 bridgehead atoms. The lowest BCUT2D eigenvalue weighted by Crippen LogP contribution is -2.45. The molecule has 4 heterocycles. The van der Waals surface area contributed by atoms with E-state index in [0.717, 1.165) is 18.0 Å². The molecule has 0 radical (unpaired) electrons. The molecule has 30 heavy (non-hydrogen) atoms. The molecule has 0 saturated heterocycles. The molecule has 3 aliphatic rings. The number of benzene rings is 1. The topological polar surface area (TPSA) is 73.8 Å². The van der Waals surface area contributed by atoms with Crippen LogP contribution in [0.5, 0.6) is 11.5 Å². The number of hydrogen-bond acceptors (Lipinski definition) is 7.